The van der Waals surface area contributed by atoms with E-state index in [1.54, 1.807) is 0 Å². The van der Waals surface area contributed by atoms with Crippen LogP contribution >= 0.6 is 0 Å². The Bertz CT molecular complexity index is 605. The van der Waals surface area contributed by atoms with E-state index in [-0.39, 0.29) is 17.7 Å². The molecule has 0 atom stereocenters. The molecule has 0 saturated carbocycles. The minimum Gasteiger partial charge on any atom is -0.481 e. The number of carbonyl (C=O) groups is 1. The molecule has 0 aliphatic carbocycles. The van der Waals surface area contributed by atoms with Crippen molar-refractivity contribution in [1.82, 2.24) is 9.97 Å². The second-order valence-electron chi connectivity index (χ2n) is 3.92. The van der Waals surface area contributed by atoms with Gasteiger partial charge >= 0.3 is 5.97 Å². The van der Waals surface area contributed by atoms with Crippen LogP contribution in [0.3, 0.4) is 0 Å². The van der Waals surface area contributed by atoms with Crippen LogP contribution in [-0.4, -0.2) is 21.0 Å². The van der Waals surface area contributed by atoms with Gasteiger partial charge in [0, 0.05) is 12.5 Å². The molecule has 1 aromatic carbocycles. The molecule has 0 aliphatic rings. The van der Waals surface area contributed by atoms with Crippen LogP contribution in [0, 0.1) is 0 Å². The highest BCUT2D eigenvalue weighted by Crippen LogP contribution is 2.04. The minimum atomic E-state index is -1.00. The molecule has 0 aliphatic heterocycles. The Morgan fingerprint density at radius 2 is 2.00 bits per heavy atom. The highest BCUT2D eigenvalue weighted by Gasteiger charge is 2.06. The van der Waals surface area contributed by atoms with E-state index in [4.69, 9.17) is 5.11 Å². The van der Waals surface area contributed by atoms with Gasteiger partial charge in [0.2, 0.25) is 0 Å². The van der Waals surface area contributed by atoms with Gasteiger partial charge in [0.15, 0.2) is 0 Å². The van der Waals surface area contributed by atoms with Gasteiger partial charge in [0.1, 0.15) is 5.82 Å². The number of aliphatic carboxylic acids is 1. The van der Waals surface area contributed by atoms with Crippen molar-refractivity contribution in [1.29, 1.82) is 0 Å². The molecule has 18 heavy (non-hydrogen) atoms. The number of benzene rings is 1. The van der Waals surface area contributed by atoms with E-state index in [2.05, 4.69) is 9.97 Å². The average molecular weight is 244 g/mol. The summed E-state index contributed by atoms with van der Waals surface area (Å²) in [6, 6.07) is 10.7. The Kier molecular flexibility index (Phi) is 3.52. The van der Waals surface area contributed by atoms with E-state index < -0.39 is 5.97 Å². The van der Waals surface area contributed by atoms with Crippen LogP contribution in [0.1, 0.15) is 17.1 Å². The highest BCUT2D eigenvalue weighted by molar-refractivity contribution is 5.69. The normalized spacial score (nSPS) is 10.2. The molecule has 5 nitrogen and oxygen atoms in total. The SMILES string of the molecule is O=C(O)Cc1cc(=O)[nH]c(Cc2ccccc2)n1. The summed E-state index contributed by atoms with van der Waals surface area (Å²) < 4.78 is 0. The third kappa shape index (κ3) is 3.28. The summed E-state index contributed by atoms with van der Waals surface area (Å²) in [5.41, 5.74) is 0.956. The number of carboxylic acid groups (broad SMARTS) is 1. The first-order valence-electron chi connectivity index (χ1n) is 5.48. The van der Waals surface area contributed by atoms with Gasteiger partial charge in [-0.3, -0.25) is 9.59 Å². The van der Waals surface area contributed by atoms with Crippen molar-refractivity contribution in [3.05, 3.63) is 63.8 Å². The van der Waals surface area contributed by atoms with Crippen molar-refractivity contribution in [2.45, 2.75) is 12.8 Å². The fourth-order valence-corrected chi connectivity index (χ4v) is 1.68. The largest absolute Gasteiger partial charge is 0.481 e. The fraction of sp³-hybridized carbons (Fsp3) is 0.154. The summed E-state index contributed by atoms with van der Waals surface area (Å²) in [7, 11) is 0. The van der Waals surface area contributed by atoms with Crippen molar-refractivity contribution in [2.24, 2.45) is 0 Å². The van der Waals surface area contributed by atoms with Gasteiger partial charge in [0.25, 0.3) is 5.56 Å². The Labute approximate surface area is 103 Å². The fourth-order valence-electron chi connectivity index (χ4n) is 1.68. The third-order valence-corrected chi connectivity index (χ3v) is 2.39. The molecule has 92 valence electrons. The molecule has 2 N–H and O–H groups in total. The van der Waals surface area contributed by atoms with Crippen molar-refractivity contribution in [3.63, 3.8) is 0 Å². The maximum atomic E-state index is 11.4. The number of aromatic nitrogens is 2. The van der Waals surface area contributed by atoms with Gasteiger partial charge in [-0.1, -0.05) is 30.3 Å². The smallest absolute Gasteiger partial charge is 0.309 e. The van der Waals surface area contributed by atoms with Gasteiger partial charge in [-0.05, 0) is 5.56 Å². The van der Waals surface area contributed by atoms with Crippen LogP contribution in [0.2, 0.25) is 0 Å². The predicted octanol–water partition coefficient (Wildman–Crippen LogP) is 0.988. The first kappa shape index (κ1) is 12.0. The summed E-state index contributed by atoms with van der Waals surface area (Å²) in [6.45, 7) is 0. The van der Waals surface area contributed by atoms with Crippen LogP contribution in [0.5, 0.6) is 0 Å². The predicted molar refractivity (Wildman–Crippen MR) is 65.4 cm³/mol. The lowest BCUT2D eigenvalue weighted by molar-refractivity contribution is -0.136. The van der Waals surface area contributed by atoms with Gasteiger partial charge in [-0.2, -0.15) is 0 Å². The number of rotatable bonds is 4. The van der Waals surface area contributed by atoms with Crippen LogP contribution < -0.4 is 5.56 Å². The minimum absolute atomic E-state index is 0.244. The lowest BCUT2D eigenvalue weighted by Gasteiger charge is -2.03. The number of hydrogen-bond donors (Lipinski definition) is 2. The third-order valence-electron chi connectivity index (χ3n) is 2.39. The van der Waals surface area contributed by atoms with Crippen LogP contribution in [0.25, 0.3) is 0 Å². The number of H-pyrrole nitrogens is 1. The van der Waals surface area contributed by atoms with E-state index in [9.17, 15) is 9.59 Å². The maximum absolute atomic E-state index is 11.4. The standard InChI is InChI=1S/C13H12N2O3/c16-12-7-10(8-13(17)18)14-11(15-12)6-9-4-2-1-3-5-9/h1-5,7H,6,8H2,(H,17,18)(H,14,15,16). The van der Waals surface area contributed by atoms with E-state index in [0.717, 1.165) is 5.56 Å². The molecule has 0 saturated heterocycles. The van der Waals surface area contributed by atoms with Gasteiger partial charge in [0.05, 0.1) is 12.1 Å². The van der Waals surface area contributed by atoms with Gasteiger partial charge in [-0.25, -0.2) is 4.98 Å². The van der Waals surface area contributed by atoms with Crippen LogP contribution in [-0.2, 0) is 17.6 Å². The molecule has 5 heteroatoms. The molecule has 1 aromatic heterocycles. The van der Waals surface area contributed by atoms with E-state index in [1.807, 2.05) is 30.3 Å². The van der Waals surface area contributed by atoms with Crippen LogP contribution in [0.4, 0.5) is 0 Å². The Morgan fingerprint density at radius 1 is 1.28 bits per heavy atom. The quantitative estimate of drug-likeness (QED) is 0.840. The number of aromatic amines is 1. The van der Waals surface area contributed by atoms with Crippen LogP contribution in [0.15, 0.2) is 41.2 Å². The van der Waals surface area contributed by atoms with Crippen molar-refractivity contribution >= 4 is 5.97 Å². The maximum Gasteiger partial charge on any atom is 0.309 e. The van der Waals surface area contributed by atoms with E-state index in [0.29, 0.717) is 12.2 Å². The molecule has 0 spiro atoms. The number of carboxylic acids is 1. The topological polar surface area (TPSA) is 83.0 Å². The highest BCUT2D eigenvalue weighted by atomic mass is 16.4. The first-order chi connectivity index (χ1) is 8.63. The molecule has 0 bridgehead atoms. The molecule has 0 radical (unpaired) electrons. The zero-order valence-corrected chi connectivity index (χ0v) is 9.59. The van der Waals surface area contributed by atoms with E-state index >= 15 is 0 Å². The molecule has 0 fully saturated rings. The van der Waals surface area contributed by atoms with Crippen molar-refractivity contribution < 1.29 is 9.90 Å². The molecule has 1 heterocycles. The Morgan fingerprint density at radius 3 is 2.67 bits per heavy atom. The number of hydrogen-bond acceptors (Lipinski definition) is 3. The lowest BCUT2D eigenvalue weighted by Crippen LogP contribution is -2.15. The van der Waals surface area contributed by atoms with E-state index in [1.165, 1.54) is 6.07 Å². The molecule has 0 amide bonds. The second-order valence-corrected chi connectivity index (χ2v) is 3.92. The summed E-state index contributed by atoms with van der Waals surface area (Å²) in [4.78, 5) is 28.7. The lowest BCUT2D eigenvalue weighted by atomic mass is 10.1. The molecular weight excluding hydrogens is 232 g/mol. The monoisotopic (exact) mass is 244 g/mol. The molecular formula is C13H12N2O3. The second kappa shape index (κ2) is 5.27. The Balaban J connectivity index is 2.26. The average Bonchev–Trinajstić information content (AvgIpc) is 2.28. The molecule has 2 rings (SSSR count). The van der Waals surface area contributed by atoms with Crippen molar-refractivity contribution in [2.75, 3.05) is 0 Å². The summed E-state index contributed by atoms with van der Waals surface area (Å²) in [6.07, 6.45) is 0.231. The number of nitrogens with zero attached hydrogens (tertiary/aromatic N) is 1. The number of nitrogens with one attached hydrogen (secondary N) is 1. The van der Waals surface area contributed by atoms with Gasteiger partial charge < -0.3 is 10.1 Å². The van der Waals surface area contributed by atoms with Gasteiger partial charge in [-0.15, -0.1) is 0 Å². The zero-order valence-electron chi connectivity index (χ0n) is 9.59. The summed E-state index contributed by atoms with van der Waals surface area (Å²) in [5.74, 6) is -0.524. The Hall–Kier alpha value is -2.43. The molecule has 2 aromatic rings. The molecule has 0 unspecified atom stereocenters. The first-order valence-corrected chi connectivity index (χ1v) is 5.48. The van der Waals surface area contributed by atoms with Crippen molar-refractivity contribution in [3.8, 4) is 0 Å². The summed E-state index contributed by atoms with van der Waals surface area (Å²) >= 11 is 0. The zero-order chi connectivity index (χ0) is 13.0. The summed E-state index contributed by atoms with van der Waals surface area (Å²) in [5, 5.41) is 8.69.